The second kappa shape index (κ2) is 14.5. The third-order valence-electron chi connectivity index (χ3n) is 7.83. The summed E-state index contributed by atoms with van der Waals surface area (Å²) in [6.07, 6.45) is -2.61. The van der Waals surface area contributed by atoms with Crippen LogP contribution < -0.4 is 25.8 Å². The van der Waals surface area contributed by atoms with Crippen molar-refractivity contribution in [2.75, 3.05) is 13.1 Å². The molecule has 240 valence electrons. The maximum absolute atomic E-state index is 13.7. The lowest BCUT2D eigenvalue weighted by Gasteiger charge is -2.34. The number of nitrogens with zero attached hydrogens (tertiary/aromatic N) is 1. The molecule has 2 heterocycles. The average molecular weight is 633 g/mol. The molecule has 2 aliphatic heterocycles. The molecule has 1 unspecified atom stereocenters. The zero-order valence-corrected chi connectivity index (χ0v) is 24.9. The lowest BCUT2D eigenvalue weighted by molar-refractivity contribution is -0.144. The van der Waals surface area contributed by atoms with E-state index < -0.39 is 69.7 Å². The monoisotopic (exact) mass is 632 g/mol. The first-order valence-electron chi connectivity index (χ1n) is 14.3. The molecule has 0 aromatic heterocycles. The number of benzene rings is 1. The number of unbranched alkanes of at least 4 members (excludes halogenated alkanes) is 1. The summed E-state index contributed by atoms with van der Waals surface area (Å²) >= 11 is 0. The molecule has 43 heavy (non-hydrogen) atoms. The number of hydrogen-bond donors (Lipinski definition) is 5. The summed E-state index contributed by atoms with van der Waals surface area (Å²) in [5, 5.41) is 13.0. The van der Waals surface area contributed by atoms with Gasteiger partial charge in [-0.2, -0.15) is 21.6 Å². The van der Waals surface area contributed by atoms with E-state index in [0.717, 1.165) is 12.1 Å². The van der Waals surface area contributed by atoms with Crippen molar-refractivity contribution in [2.45, 2.75) is 89.1 Å². The van der Waals surface area contributed by atoms with Gasteiger partial charge in [-0.3, -0.25) is 19.2 Å². The van der Waals surface area contributed by atoms with Gasteiger partial charge in [0.25, 0.3) is 10.2 Å². The van der Waals surface area contributed by atoms with Crippen LogP contribution in [0.25, 0.3) is 0 Å². The van der Waals surface area contributed by atoms with Crippen molar-refractivity contribution in [2.24, 2.45) is 11.1 Å². The van der Waals surface area contributed by atoms with E-state index in [9.17, 15) is 40.8 Å². The van der Waals surface area contributed by atoms with Crippen LogP contribution in [0.15, 0.2) is 24.3 Å². The quantitative estimate of drug-likeness (QED) is 0.237. The van der Waals surface area contributed by atoms with E-state index in [4.69, 9.17) is 5.14 Å². The third-order valence-corrected chi connectivity index (χ3v) is 8.43. The molecule has 0 aliphatic carbocycles. The number of nitrogens with one attached hydrogen (secondary N) is 4. The predicted molar refractivity (Wildman–Crippen MR) is 150 cm³/mol. The van der Waals surface area contributed by atoms with E-state index in [0.29, 0.717) is 37.8 Å². The fourth-order valence-electron chi connectivity index (χ4n) is 5.19. The fraction of sp³-hybridized carbons (Fsp3) is 0.630. The van der Waals surface area contributed by atoms with Crippen molar-refractivity contribution in [1.82, 2.24) is 25.6 Å². The standard InChI is InChI=1S/C27H39F3N6O6S/c1-3-16(2)22-26(40)36-14-6-8-21(36)25(39)33-19(7-4-5-13-32-43(31,41)42)23(37)34-20(24(38)35-22)15-17-9-11-18(12-10-17)27(28,29)30/h9-12,16,19-22,32H,3-8,13-15H2,1-2H3,(H,33,39)(H,34,37)(H,35,38)(H2,31,41,42)/t16-,19+,20?,21-,22+/m1/s1. The molecule has 1 aromatic rings. The highest BCUT2D eigenvalue weighted by atomic mass is 32.2. The van der Waals surface area contributed by atoms with E-state index >= 15 is 0 Å². The topological polar surface area (TPSA) is 180 Å². The Hall–Kier alpha value is -3.24. The molecule has 2 aliphatic rings. The Bertz CT molecular complexity index is 1280. The number of rotatable bonds is 10. The summed E-state index contributed by atoms with van der Waals surface area (Å²) in [5.41, 5.74) is -0.535. The Morgan fingerprint density at radius 2 is 1.63 bits per heavy atom. The Morgan fingerprint density at radius 1 is 1.00 bits per heavy atom. The van der Waals surface area contributed by atoms with Crippen molar-refractivity contribution in [3.63, 3.8) is 0 Å². The van der Waals surface area contributed by atoms with E-state index in [1.807, 2.05) is 6.92 Å². The highest BCUT2D eigenvalue weighted by molar-refractivity contribution is 7.87. The molecule has 2 saturated heterocycles. The van der Waals surface area contributed by atoms with Gasteiger partial charge in [-0.1, -0.05) is 32.4 Å². The van der Waals surface area contributed by atoms with Gasteiger partial charge in [0.1, 0.15) is 24.2 Å². The van der Waals surface area contributed by atoms with E-state index in [2.05, 4.69) is 20.7 Å². The van der Waals surface area contributed by atoms with Crippen LogP contribution in [0.5, 0.6) is 0 Å². The highest BCUT2D eigenvalue weighted by Crippen LogP contribution is 2.29. The molecular weight excluding hydrogens is 593 g/mol. The number of amides is 4. The predicted octanol–water partition coefficient (Wildman–Crippen LogP) is 0.716. The fourth-order valence-corrected chi connectivity index (χ4v) is 5.62. The van der Waals surface area contributed by atoms with Gasteiger partial charge in [0.2, 0.25) is 23.6 Å². The molecule has 0 spiro atoms. The maximum Gasteiger partial charge on any atom is 0.416 e. The molecule has 0 bridgehead atoms. The lowest BCUT2D eigenvalue weighted by Crippen LogP contribution is -2.62. The average Bonchev–Trinajstić information content (AvgIpc) is 3.43. The highest BCUT2D eigenvalue weighted by Gasteiger charge is 2.42. The van der Waals surface area contributed by atoms with Gasteiger partial charge in [-0.25, -0.2) is 9.86 Å². The summed E-state index contributed by atoms with van der Waals surface area (Å²) in [7, 11) is -3.90. The molecule has 12 nitrogen and oxygen atoms in total. The summed E-state index contributed by atoms with van der Waals surface area (Å²) < 4.78 is 63.6. The number of halogens is 3. The summed E-state index contributed by atoms with van der Waals surface area (Å²) in [6.45, 7) is 3.93. The van der Waals surface area contributed by atoms with Crippen LogP contribution >= 0.6 is 0 Å². The van der Waals surface area contributed by atoms with Crippen LogP contribution in [-0.4, -0.2) is 74.2 Å². The molecule has 3 rings (SSSR count). The van der Waals surface area contributed by atoms with Crippen molar-refractivity contribution in [3.8, 4) is 0 Å². The van der Waals surface area contributed by atoms with Crippen LogP contribution in [0.2, 0.25) is 0 Å². The molecule has 0 radical (unpaired) electrons. The largest absolute Gasteiger partial charge is 0.416 e. The maximum atomic E-state index is 13.7. The molecule has 4 amide bonds. The molecule has 5 atom stereocenters. The van der Waals surface area contributed by atoms with Crippen molar-refractivity contribution in [3.05, 3.63) is 35.4 Å². The molecular formula is C27H39F3N6O6S. The third kappa shape index (κ3) is 9.63. The SMILES string of the molecule is CC[C@@H](C)[C@@H]1NC(=O)C(Cc2ccc(C(F)(F)F)cc2)NC(=O)[C@H](CCCCNS(N)(=O)=O)NC(=O)[C@H]2CCCN2C1=O. The Balaban J connectivity index is 1.91. The van der Waals surface area contributed by atoms with Crippen LogP contribution in [0.4, 0.5) is 13.2 Å². The first-order chi connectivity index (χ1) is 20.1. The van der Waals surface area contributed by atoms with Crippen LogP contribution in [0.1, 0.15) is 63.5 Å². The number of nitrogens with two attached hydrogens (primary N) is 1. The van der Waals surface area contributed by atoms with E-state index in [1.54, 1.807) is 6.92 Å². The molecule has 6 N–H and O–H groups in total. The van der Waals surface area contributed by atoms with Crippen LogP contribution in [-0.2, 0) is 42.0 Å². The van der Waals surface area contributed by atoms with Crippen LogP contribution in [0, 0.1) is 5.92 Å². The van der Waals surface area contributed by atoms with Crippen LogP contribution in [0.3, 0.4) is 0 Å². The van der Waals surface area contributed by atoms with Gasteiger partial charge in [0.05, 0.1) is 5.56 Å². The van der Waals surface area contributed by atoms with Crippen molar-refractivity contribution < 1.29 is 40.8 Å². The lowest BCUT2D eigenvalue weighted by atomic mass is 9.95. The van der Waals surface area contributed by atoms with E-state index in [-0.39, 0.29) is 31.7 Å². The Labute approximate surface area is 248 Å². The second-order valence-corrected chi connectivity index (χ2v) is 12.4. The van der Waals surface area contributed by atoms with Crippen molar-refractivity contribution >= 4 is 33.8 Å². The summed E-state index contributed by atoms with van der Waals surface area (Å²) in [5.74, 6) is -2.65. The number of carbonyl (C=O) groups is 4. The summed E-state index contributed by atoms with van der Waals surface area (Å²) in [6, 6.07) is -0.0560. The molecule has 2 fully saturated rings. The smallest absolute Gasteiger partial charge is 0.343 e. The zero-order valence-electron chi connectivity index (χ0n) is 24.1. The van der Waals surface area contributed by atoms with Gasteiger partial charge >= 0.3 is 6.18 Å². The molecule has 1 aromatic carbocycles. The second-order valence-electron chi connectivity index (χ2n) is 11.0. The summed E-state index contributed by atoms with van der Waals surface area (Å²) in [4.78, 5) is 55.5. The van der Waals surface area contributed by atoms with E-state index in [1.165, 1.54) is 17.0 Å². The van der Waals surface area contributed by atoms with Gasteiger partial charge in [-0.15, -0.1) is 0 Å². The number of carbonyl (C=O) groups excluding carboxylic acids is 4. The zero-order chi connectivity index (χ0) is 31.9. The Kier molecular flexibility index (Phi) is 11.5. The van der Waals surface area contributed by atoms with Gasteiger partial charge < -0.3 is 20.9 Å². The molecule has 16 heteroatoms. The number of fused-ring (bicyclic) bond motifs is 1. The van der Waals surface area contributed by atoms with Gasteiger partial charge in [0.15, 0.2) is 0 Å². The minimum atomic E-state index is -4.55. The first kappa shape index (κ1) is 34.3. The number of hydrogen-bond acceptors (Lipinski definition) is 6. The minimum Gasteiger partial charge on any atom is -0.343 e. The van der Waals surface area contributed by atoms with Gasteiger partial charge in [0, 0.05) is 19.5 Å². The first-order valence-corrected chi connectivity index (χ1v) is 15.8. The Morgan fingerprint density at radius 3 is 2.23 bits per heavy atom. The molecule has 0 saturated carbocycles. The number of alkyl halides is 3. The van der Waals surface area contributed by atoms with Crippen molar-refractivity contribution in [1.29, 1.82) is 0 Å². The normalized spacial score (nSPS) is 24.7. The minimum absolute atomic E-state index is 0.00196. The van der Waals surface area contributed by atoms with Gasteiger partial charge in [-0.05, 0) is 55.7 Å².